The zero-order valence-corrected chi connectivity index (χ0v) is 14.8. The second kappa shape index (κ2) is 6.15. The lowest BCUT2D eigenvalue weighted by molar-refractivity contribution is 1.24. The van der Waals surface area contributed by atoms with Crippen LogP contribution in [0.5, 0.6) is 0 Å². The Hall–Kier alpha value is -3.40. The van der Waals surface area contributed by atoms with Crippen LogP contribution in [0.3, 0.4) is 0 Å². The SMILES string of the molecule is Cc1c(-c2ccccc2)cccc1-c1ccc2nc(N)nc(N)c2c1C. The summed E-state index contributed by atoms with van der Waals surface area (Å²) in [5.41, 5.74) is 19.7. The first-order valence-electron chi connectivity index (χ1n) is 8.54. The van der Waals surface area contributed by atoms with E-state index in [0.717, 1.165) is 22.0 Å². The number of nitrogen functional groups attached to an aromatic ring is 2. The fraction of sp³-hybridized carbons (Fsp3) is 0.0909. The van der Waals surface area contributed by atoms with Gasteiger partial charge in [-0.15, -0.1) is 0 Å². The summed E-state index contributed by atoms with van der Waals surface area (Å²) < 4.78 is 0. The number of anilines is 2. The van der Waals surface area contributed by atoms with Crippen LogP contribution in [0.1, 0.15) is 11.1 Å². The number of fused-ring (bicyclic) bond motifs is 1. The normalized spacial score (nSPS) is 11.0. The van der Waals surface area contributed by atoms with Gasteiger partial charge in [0.15, 0.2) is 0 Å². The maximum Gasteiger partial charge on any atom is 0.222 e. The molecule has 0 radical (unpaired) electrons. The van der Waals surface area contributed by atoms with Crippen LogP contribution in [-0.2, 0) is 0 Å². The summed E-state index contributed by atoms with van der Waals surface area (Å²) in [6.45, 7) is 4.21. The second-order valence-electron chi connectivity index (χ2n) is 6.44. The Labute approximate surface area is 152 Å². The third-order valence-electron chi connectivity index (χ3n) is 4.88. The highest BCUT2D eigenvalue weighted by atomic mass is 15.0. The van der Waals surface area contributed by atoms with Crippen molar-refractivity contribution in [2.24, 2.45) is 0 Å². The van der Waals surface area contributed by atoms with Crippen molar-refractivity contribution in [3.05, 3.63) is 71.8 Å². The van der Waals surface area contributed by atoms with Crippen LogP contribution in [-0.4, -0.2) is 9.97 Å². The standard InChI is InChI=1S/C22H20N4/c1-13-16(15-7-4-3-5-8-15)9-6-10-17(13)18-11-12-19-20(14(18)2)21(23)26-22(24)25-19/h3-12H,1-2H3,(H4,23,24,25,26). The van der Waals surface area contributed by atoms with Gasteiger partial charge < -0.3 is 11.5 Å². The van der Waals surface area contributed by atoms with Crippen molar-refractivity contribution in [2.75, 3.05) is 11.5 Å². The summed E-state index contributed by atoms with van der Waals surface area (Å²) in [7, 11) is 0. The van der Waals surface area contributed by atoms with Crippen molar-refractivity contribution in [1.82, 2.24) is 9.97 Å². The maximum absolute atomic E-state index is 6.13. The molecule has 0 spiro atoms. The van der Waals surface area contributed by atoms with Gasteiger partial charge in [-0.25, -0.2) is 4.98 Å². The van der Waals surface area contributed by atoms with E-state index >= 15 is 0 Å². The van der Waals surface area contributed by atoms with E-state index in [1.807, 2.05) is 12.1 Å². The number of nitrogens with zero attached hydrogens (tertiary/aromatic N) is 2. The number of hydrogen-bond acceptors (Lipinski definition) is 4. The molecular weight excluding hydrogens is 320 g/mol. The van der Waals surface area contributed by atoms with Crippen LogP contribution in [0, 0.1) is 13.8 Å². The molecule has 0 aliphatic carbocycles. The summed E-state index contributed by atoms with van der Waals surface area (Å²) in [5, 5.41) is 0.862. The minimum atomic E-state index is 0.199. The Morgan fingerprint density at radius 1 is 0.654 bits per heavy atom. The molecule has 4 heteroatoms. The fourth-order valence-corrected chi connectivity index (χ4v) is 3.59. The Morgan fingerprint density at radius 3 is 2.12 bits per heavy atom. The van der Waals surface area contributed by atoms with Gasteiger partial charge in [0, 0.05) is 5.39 Å². The average molecular weight is 340 g/mol. The van der Waals surface area contributed by atoms with E-state index in [-0.39, 0.29) is 5.95 Å². The van der Waals surface area contributed by atoms with E-state index in [0.29, 0.717) is 5.82 Å². The van der Waals surface area contributed by atoms with Crippen molar-refractivity contribution < 1.29 is 0 Å². The summed E-state index contributed by atoms with van der Waals surface area (Å²) in [4.78, 5) is 8.44. The number of benzene rings is 3. The van der Waals surface area contributed by atoms with Crippen molar-refractivity contribution in [1.29, 1.82) is 0 Å². The molecule has 4 N–H and O–H groups in total. The van der Waals surface area contributed by atoms with Crippen LogP contribution in [0.2, 0.25) is 0 Å². The molecule has 1 aromatic heterocycles. The van der Waals surface area contributed by atoms with Crippen LogP contribution in [0.4, 0.5) is 11.8 Å². The second-order valence-corrected chi connectivity index (χ2v) is 6.44. The number of nitrogens with two attached hydrogens (primary N) is 2. The molecular formula is C22H20N4. The molecule has 0 bridgehead atoms. The first kappa shape index (κ1) is 16.1. The molecule has 0 fully saturated rings. The van der Waals surface area contributed by atoms with Crippen LogP contribution < -0.4 is 11.5 Å². The highest BCUT2D eigenvalue weighted by Crippen LogP contribution is 2.36. The molecule has 128 valence electrons. The van der Waals surface area contributed by atoms with E-state index < -0.39 is 0 Å². The third-order valence-corrected chi connectivity index (χ3v) is 4.88. The number of rotatable bonds is 2. The monoisotopic (exact) mass is 340 g/mol. The summed E-state index contributed by atoms with van der Waals surface area (Å²) in [6.07, 6.45) is 0. The van der Waals surface area contributed by atoms with Gasteiger partial charge >= 0.3 is 0 Å². The summed E-state index contributed by atoms with van der Waals surface area (Å²) in [6, 6.07) is 20.9. The molecule has 0 atom stereocenters. The number of aromatic nitrogens is 2. The fourth-order valence-electron chi connectivity index (χ4n) is 3.59. The molecule has 0 aliphatic rings. The molecule has 4 nitrogen and oxygen atoms in total. The number of aryl methyl sites for hydroxylation is 1. The first-order valence-corrected chi connectivity index (χ1v) is 8.54. The minimum absolute atomic E-state index is 0.199. The molecule has 4 aromatic rings. The topological polar surface area (TPSA) is 77.8 Å². The highest BCUT2D eigenvalue weighted by Gasteiger charge is 2.14. The lowest BCUT2D eigenvalue weighted by Crippen LogP contribution is -2.02. The Bertz CT molecular complexity index is 1120. The maximum atomic E-state index is 6.13. The average Bonchev–Trinajstić information content (AvgIpc) is 2.63. The largest absolute Gasteiger partial charge is 0.383 e. The Kier molecular flexibility index (Phi) is 3.81. The van der Waals surface area contributed by atoms with Gasteiger partial charge in [0.05, 0.1) is 5.52 Å². The Balaban J connectivity index is 1.96. The number of hydrogen-bond donors (Lipinski definition) is 2. The van der Waals surface area contributed by atoms with Gasteiger partial charge in [0.2, 0.25) is 5.95 Å². The van der Waals surface area contributed by atoms with Gasteiger partial charge in [-0.05, 0) is 53.3 Å². The van der Waals surface area contributed by atoms with Crippen LogP contribution >= 0.6 is 0 Å². The van der Waals surface area contributed by atoms with Gasteiger partial charge in [0.25, 0.3) is 0 Å². The van der Waals surface area contributed by atoms with E-state index in [2.05, 4.69) is 72.3 Å². The third kappa shape index (κ3) is 2.56. The molecule has 0 saturated heterocycles. The lowest BCUT2D eigenvalue weighted by atomic mass is 9.90. The van der Waals surface area contributed by atoms with Gasteiger partial charge in [-0.1, -0.05) is 54.6 Å². The Morgan fingerprint density at radius 2 is 1.35 bits per heavy atom. The smallest absolute Gasteiger partial charge is 0.222 e. The molecule has 0 amide bonds. The highest BCUT2D eigenvalue weighted by molar-refractivity contribution is 5.97. The molecule has 0 saturated carbocycles. The zero-order chi connectivity index (χ0) is 18.3. The van der Waals surface area contributed by atoms with Gasteiger partial charge in [0.1, 0.15) is 5.82 Å². The molecule has 0 aliphatic heterocycles. The van der Waals surface area contributed by atoms with Crippen LogP contribution in [0.25, 0.3) is 33.2 Å². The van der Waals surface area contributed by atoms with Crippen LogP contribution in [0.15, 0.2) is 60.7 Å². The molecule has 4 rings (SSSR count). The molecule has 3 aromatic carbocycles. The summed E-state index contributed by atoms with van der Waals surface area (Å²) in [5.74, 6) is 0.619. The zero-order valence-electron chi connectivity index (χ0n) is 14.8. The quantitative estimate of drug-likeness (QED) is 0.552. The van der Waals surface area contributed by atoms with E-state index in [9.17, 15) is 0 Å². The first-order chi connectivity index (χ1) is 12.6. The van der Waals surface area contributed by atoms with Crippen molar-refractivity contribution in [3.8, 4) is 22.3 Å². The van der Waals surface area contributed by atoms with Gasteiger partial charge in [-0.3, -0.25) is 0 Å². The predicted molar refractivity (Wildman–Crippen MR) is 109 cm³/mol. The molecule has 0 unspecified atom stereocenters. The van der Waals surface area contributed by atoms with E-state index in [1.54, 1.807) is 0 Å². The van der Waals surface area contributed by atoms with Crippen molar-refractivity contribution in [2.45, 2.75) is 13.8 Å². The van der Waals surface area contributed by atoms with E-state index in [1.165, 1.54) is 22.3 Å². The lowest BCUT2D eigenvalue weighted by Gasteiger charge is -2.16. The van der Waals surface area contributed by atoms with E-state index in [4.69, 9.17) is 11.5 Å². The predicted octanol–water partition coefficient (Wildman–Crippen LogP) is 4.75. The van der Waals surface area contributed by atoms with Gasteiger partial charge in [-0.2, -0.15) is 4.98 Å². The minimum Gasteiger partial charge on any atom is -0.383 e. The molecule has 26 heavy (non-hydrogen) atoms. The van der Waals surface area contributed by atoms with Crippen molar-refractivity contribution >= 4 is 22.7 Å². The summed E-state index contributed by atoms with van der Waals surface area (Å²) >= 11 is 0. The van der Waals surface area contributed by atoms with Crippen molar-refractivity contribution in [3.63, 3.8) is 0 Å². The molecule has 1 heterocycles.